The lowest BCUT2D eigenvalue weighted by atomic mass is 9.90. The Hall–Kier alpha value is -3.80. The lowest BCUT2D eigenvalue weighted by Gasteiger charge is -2.23. The number of carboxylic acid groups (broad SMARTS) is 1. The maximum atomic E-state index is 12.2. The zero-order chi connectivity index (χ0) is 25.8. The maximum Gasteiger partial charge on any atom is 0.203 e. The van der Waals surface area contributed by atoms with Gasteiger partial charge in [0, 0.05) is 53.0 Å². The molecular weight excluding hydrogens is 470 g/mol. The average Bonchev–Trinajstić information content (AvgIpc) is 2.88. The molecular formula is C29H29N3O3S. The second-order valence-electron chi connectivity index (χ2n) is 8.40. The topological polar surface area (TPSA) is 71.9 Å². The van der Waals surface area contributed by atoms with Crippen LogP contribution >= 0.6 is 12.2 Å². The molecule has 0 aromatic heterocycles. The number of benzene rings is 3. The third kappa shape index (κ3) is 4.68. The number of carbonyl (C=O) groups excluding carboxylic acids is 1. The van der Waals surface area contributed by atoms with Crippen LogP contribution in [0.2, 0.25) is 0 Å². The predicted molar refractivity (Wildman–Crippen MR) is 147 cm³/mol. The molecule has 1 aliphatic carbocycles. The summed E-state index contributed by atoms with van der Waals surface area (Å²) >= 11 is 4.79. The van der Waals surface area contributed by atoms with E-state index in [1.165, 1.54) is 6.07 Å². The second-order valence-corrected chi connectivity index (χ2v) is 8.59. The van der Waals surface area contributed by atoms with Crippen molar-refractivity contribution in [1.29, 1.82) is 0 Å². The number of hydrogen-bond acceptors (Lipinski definition) is 6. The average molecular weight is 500 g/mol. The molecule has 4 rings (SSSR count). The van der Waals surface area contributed by atoms with Gasteiger partial charge in [0.25, 0.3) is 0 Å². The highest BCUT2D eigenvalue weighted by molar-refractivity contribution is 7.78. The van der Waals surface area contributed by atoms with Gasteiger partial charge in [-0.15, -0.1) is 0 Å². The quantitative estimate of drug-likeness (QED) is 0.148. The summed E-state index contributed by atoms with van der Waals surface area (Å²) in [6, 6.07) is 16.9. The molecule has 184 valence electrons. The fraction of sp³-hybridized carbons (Fsp3) is 0.276. The van der Waals surface area contributed by atoms with Gasteiger partial charge in [-0.2, -0.15) is 4.99 Å². The van der Waals surface area contributed by atoms with Crippen molar-refractivity contribution in [1.82, 2.24) is 4.58 Å². The van der Waals surface area contributed by atoms with Crippen molar-refractivity contribution >= 4 is 45.7 Å². The summed E-state index contributed by atoms with van der Waals surface area (Å²) in [7, 11) is 0. The van der Waals surface area contributed by atoms with Crippen molar-refractivity contribution in [3.05, 3.63) is 65.5 Å². The molecule has 0 spiro atoms. The summed E-state index contributed by atoms with van der Waals surface area (Å²) in [5.41, 5.74) is 4.37. The second kappa shape index (κ2) is 10.9. The molecule has 2 aromatic carbocycles. The van der Waals surface area contributed by atoms with Crippen molar-refractivity contribution in [2.75, 3.05) is 31.1 Å². The molecule has 1 heterocycles. The number of rotatable bonds is 8. The van der Waals surface area contributed by atoms with E-state index in [0.717, 1.165) is 53.7 Å². The van der Waals surface area contributed by atoms with Crippen LogP contribution in [0, 0.1) is 0 Å². The summed E-state index contributed by atoms with van der Waals surface area (Å²) in [6.07, 6.45) is 0. The Morgan fingerprint density at radius 3 is 2.39 bits per heavy atom. The van der Waals surface area contributed by atoms with Crippen LogP contribution < -0.4 is 19.9 Å². The van der Waals surface area contributed by atoms with Crippen LogP contribution in [-0.2, 0) is 0 Å². The van der Waals surface area contributed by atoms with Crippen LogP contribution in [0.15, 0.2) is 64.0 Å². The molecule has 0 bridgehead atoms. The number of aliphatic imine (C=N–C) groups is 1. The fourth-order valence-electron chi connectivity index (χ4n) is 4.77. The third-order valence-electron chi connectivity index (χ3n) is 6.61. The van der Waals surface area contributed by atoms with Crippen molar-refractivity contribution in [2.24, 2.45) is 4.99 Å². The molecule has 0 saturated heterocycles. The summed E-state index contributed by atoms with van der Waals surface area (Å²) in [6.45, 7) is 11.9. The van der Waals surface area contributed by atoms with Gasteiger partial charge in [-0.05, 0) is 75.8 Å². The molecule has 0 amide bonds. The van der Waals surface area contributed by atoms with Crippen molar-refractivity contribution in [2.45, 2.75) is 27.7 Å². The van der Waals surface area contributed by atoms with Gasteiger partial charge in [-0.3, -0.25) is 0 Å². The highest BCUT2D eigenvalue weighted by Gasteiger charge is 2.21. The first-order valence-electron chi connectivity index (χ1n) is 12.2. The van der Waals surface area contributed by atoms with E-state index >= 15 is 0 Å². The van der Waals surface area contributed by atoms with Crippen LogP contribution in [0.1, 0.15) is 38.1 Å². The molecule has 2 aliphatic rings. The molecule has 0 fully saturated rings. The monoisotopic (exact) mass is 499 g/mol. The highest BCUT2D eigenvalue weighted by atomic mass is 32.1. The summed E-state index contributed by atoms with van der Waals surface area (Å²) < 4.78 is 8.72. The van der Waals surface area contributed by atoms with Crippen LogP contribution in [0.3, 0.4) is 0 Å². The van der Waals surface area contributed by atoms with E-state index in [0.29, 0.717) is 22.6 Å². The Kier molecular flexibility index (Phi) is 7.63. The number of hydrogen-bond donors (Lipinski definition) is 0. The molecule has 1 aliphatic heterocycles. The Morgan fingerprint density at radius 1 is 1.00 bits per heavy atom. The van der Waals surface area contributed by atoms with Crippen molar-refractivity contribution in [3.8, 4) is 22.5 Å². The van der Waals surface area contributed by atoms with Crippen LogP contribution in [0.4, 0.5) is 11.4 Å². The van der Waals surface area contributed by atoms with E-state index in [2.05, 4.69) is 47.3 Å². The van der Waals surface area contributed by atoms with Gasteiger partial charge in [0.2, 0.25) is 5.36 Å². The summed E-state index contributed by atoms with van der Waals surface area (Å²) in [5, 5.41) is 16.4. The minimum absolute atomic E-state index is 0.0766. The van der Waals surface area contributed by atoms with Crippen molar-refractivity contribution in [3.63, 3.8) is 0 Å². The van der Waals surface area contributed by atoms with Gasteiger partial charge in [0.15, 0.2) is 0 Å². The summed E-state index contributed by atoms with van der Waals surface area (Å²) in [4.78, 5) is 18.5. The molecule has 0 unspecified atom stereocenters. The first-order valence-corrected chi connectivity index (χ1v) is 12.6. The molecule has 0 N–H and O–H groups in total. The Morgan fingerprint density at radius 2 is 1.75 bits per heavy atom. The molecule has 0 atom stereocenters. The first kappa shape index (κ1) is 25.3. The number of carbonyl (C=O) groups is 1. The number of isothiocyanates is 1. The molecule has 0 saturated carbocycles. The van der Waals surface area contributed by atoms with Crippen LogP contribution in [-0.4, -0.2) is 37.3 Å². The minimum atomic E-state index is -1.26. The van der Waals surface area contributed by atoms with E-state index in [-0.39, 0.29) is 5.56 Å². The van der Waals surface area contributed by atoms with Crippen LogP contribution in [0.25, 0.3) is 33.4 Å². The smallest absolute Gasteiger partial charge is 0.203 e. The Balaban J connectivity index is 2.17. The predicted octanol–water partition coefficient (Wildman–Crippen LogP) is 4.96. The summed E-state index contributed by atoms with van der Waals surface area (Å²) in [5.74, 6) is -0.587. The maximum absolute atomic E-state index is 12.2. The molecule has 7 heteroatoms. The van der Waals surface area contributed by atoms with E-state index < -0.39 is 5.97 Å². The fourth-order valence-corrected chi connectivity index (χ4v) is 4.87. The third-order valence-corrected chi connectivity index (χ3v) is 6.70. The van der Waals surface area contributed by atoms with Gasteiger partial charge in [-0.25, -0.2) is 4.58 Å². The first-order chi connectivity index (χ1) is 17.4. The van der Waals surface area contributed by atoms with Gasteiger partial charge < -0.3 is 19.2 Å². The van der Waals surface area contributed by atoms with E-state index in [1.54, 1.807) is 12.1 Å². The largest absolute Gasteiger partial charge is 0.545 e. The van der Waals surface area contributed by atoms with E-state index in [1.807, 2.05) is 36.4 Å². The van der Waals surface area contributed by atoms with Crippen molar-refractivity contribution < 1.29 is 14.3 Å². The van der Waals surface area contributed by atoms with E-state index in [9.17, 15) is 9.90 Å². The number of carboxylic acids is 1. The van der Waals surface area contributed by atoms with Gasteiger partial charge in [0.1, 0.15) is 24.4 Å². The minimum Gasteiger partial charge on any atom is -0.545 e. The number of fused-ring (bicyclic) bond motifs is 2. The number of aromatic carboxylic acids is 1. The van der Waals surface area contributed by atoms with Gasteiger partial charge in [-0.1, -0.05) is 6.07 Å². The Bertz CT molecular complexity index is 1520. The number of nitrogens with zero attached hydrogens (tertiary/aromatic N) is 3. The molecule has 0 radical (unpaired) electrons. The van der Waals surface area contributed by atoms with Gasteiger partial charge >= 0.3 is 0 Å². The molecule has 36 heavy (non-hydrogen) atoms. The zero-order valence-electron chi connectivity index (χ0n) is 21.0. The SMILES string of the molecule is CCN(CC)c1ccc2c(-c3cc(N=C=S)ccc3C(=O)[O-])c3ccc(=[N+](CC)CC)cc-3oc2c1. The zero-order valence-corrected chi connectivity index (χ0v) is 21.8. The normalized spacial score (nSPS) is 10.9. The number of thiocarbonyl (C=S) groups is 1. The van der Waals surface area contributed by atoms with Crippen LogP contribution in [0.5, 0.6) is 0 Å². The van der Waals surface area contributed by atoms with Gasteiger partial charge in [0.05, 0.1) is 22.9 Å². The Labute approximate surface area is 216 Å². The standard InChI is InChI=1S/C29H29N3O3S/c1-5-31(6-2)20-10-13-23-26(16-20)35-27-17-21(32(7-3)8-4)11-14-24(27)28(23)25-15-19(30-18-36)9-12-22(25)29(33)34/h9-17H,5-8H2,1-4H3. The van der Waals surface area contributed by atoms with E-state index in [4.69, 9.17) is 16.6 Å². The lowest BCUT2D eigenvalue weighted by molar-refractivity contribution is -0.254. The lowest BCUT2D eigenvalue weighted by Crippen LogP contribution is -2.29. The number of anilines is 1. The molecule has 2 aromatic rings. The highest BCUT2D eigenvalue weighted by Crippen LogP contribution is 2.43. The molecule has 6 nitrogen and oxygen atoms in total.